The molecular weight excluding hydrogens is 186 g/mol. The van der Waals surface area contributed by atoms with Gasteiger partial charge in [0.25, 0.3) is 0 Å². The van der Waals surface area contributed by atoms with Gasteiger partial charge in [-0.1, -0.05) is 27.7 Å². The standard InChI is InChI=1S/C8H13N3.2C2H6/c1-7-9-6-8-4-2-3-5-11(8)10-7;2*1-2/h6,8H,2-5H2,1H3;2*1-2H3. The Hall–Kier alpha value is -0.860. The topological polar surface area (TPSA) is 28.0 Å². The van der Waals surface area contributed by atoms with Gasteiger partial charge in [-0.05, 0) is 26.2 Å². The zero-order valence-corrected chi connectivity index (χ0v) is 10.8. The molecule has 0 aliphatic carbocycles. The van der Waals surface area contributed by atoms with E-state index in [0.29, 0.717) is 6.04 Å². The number of hydrazone groups is 1. The summed E-state index contributed by atoms with van der Waals surface area (Å²) in [5.74, 6) is 0.892. The maximum atomic E-state index is 4.36. The Bertz CT molecular complexity index is 209. The first kappa shape index (κ1) is 14.1. The van der Waals surface area contributed by atoms with Gasteiger partial charge < -0.3 is 0 Å². The molecule has 0 radical (unpaired) electrons. The van der Waals surface area contributed by atoms with Crippen LogP contribution in [0.5, 0.6) is 0 Å². The molecular formula is C12H25N3. The normalized spacial score (nSPS) is 22.6. The minimum absolute atomic E-state index is 0.493. The molecule has 2 rings (SSSR count). The largest absolute Gasteiger partial charge is 0.287 e. The summed E-state index contributed by atoms with van der Waals surface area (Å²) in [4.78, 5) is 4.20. The summed E-state index contributed by atoms with van der Waals surface area (Å²) in [6.07, 6.45) is 5.85. The molecule has 3 heteroatoms. The lowest BCUT2D eigenvalue weighted by molar-refractivity contribution is 0.200. The summed E-state index contributed by atoms with van der Waals surface area (Å²) in [5, 5.41) is 6.51. The van der Waals surface area contributed by atoms with Crippen molar-refractivity contribution < 1.29 is 0 Å². The molecule has 2 heterocycles. The van der Waals surface area contributed by atoms with Gasteiger partial charge in [0, 0.05) is 12.8 Å². The quantitative estimate of drug-likeness (QED) is 0.604. The third kappa shape index (κ3) is 4.45. The van der Waals surface area contributed by atoms with Gasteiger partial charge in [-0.15, -0.1) is 0 Å². The van der Waals surface area contributed by atoms with E-state index in [1.165, 1.54) is 19.3 Å². The maximum Gasteiger partial charge on any atom is 0.144 e. The number of piperidine rings is 1. The van der Waals surface area contributed by atoms with E-state index >= 15 is 0 Å². The van der Waals surface area contributed by atoms with Gasteiger partial charge >= 0.3 is 0 Å². The molecule has 88 valence electrons. The predicted octanol–water partition coefficient (Wildman–Crippen LogP) is 3.31. The first-order valence-electron chi connectivity index (χ1n) is 6.22. The Morgan fingerprint density at radius 2 is 1.87 bits per heavy atom. The van der Waals surface area contributed by atoms with E-state index in [2.05, 4.69) is 15.1 Å². The summed E-state index contributed by atoms with van der Waals surface area (Å²) in [7, 11) is 0. The van der Waals surface area contributed by atoms with Crippen molar-refractivity contribution in [3.8, 4) is 0 Å². The maximum absolute atomic E-state index is 4.36. The molecule has 2 aliphatic heterocycles. The first-order valence-corrected chi connectivity index (χ1v) is 6.22. The first-order chi connectivity index (χ1) is 7.36. The van der Waals surface area contributed by atoms with Gasteiger partial charge in [0.05, 0.1) is 6.04 Å². The van der Waals surface area contributed by atoms with Crippen molar-refractivity contribution in [1.82, 2.24) is 5.01 Å². The molecule has 0 aromatic heterocycles. The zero-order chi connectivity index (χ0) is 11.7. The molecule has 0 amide bonds. The zero-order valence-electron chi connectivity index (χ0n) is 10.8. The van der Waals surface area contributed by atoms with Gasteiger partial charge in [0.2, 0.25) is 0 Å². The fraction of sp³-hybridized carbons (Fsp3) is 0.833. The second kappa shape index (κ2) is 8.45. The van der Waals surface area contributed by atoms with E-state index in [4.69, 9.17) is 0 Å². The lowest BCUT2D eigenvalue weighted by Crippen LogP contribution is -2.39. The third-order valence-electron chi connectivity index (χ3n) is 2.23. The van der Waals surface area contributed by atoms with Crippen LogP contribution in [0.1, 0.15) is 53.9 Å². The van der Waals surface area contributed by atoms with Crippen molar-refractivity contribution in [2.75, 3.05) is 6.54 Å². The van der Waals surface area contributed by atoms with Crippen molar-refractivity contribution >= 4 is 12.1 Å². The number of nitrogens with zero attached hydrogens (tertiary/aromatic N) is 3. The average molecular weight is 211 g/mol. The molecule has 3 nitrogen and oxygen atoms in total. The number of fused-ring (bicyclic) bond motifs is 1. The molecule has 1 atom stereocenters. The van der Waals surface area contributed by atoms with Gasteiger partial charge in [0.15, 0.2) is 0 Å². The molecule has 1 fully saturated rings. The fourth-order valence-corrected chi connectivity index (χ4v) is 1.62. The molecule has 0 saturated carbocycles. The number of rotatable bonds is 0. The van der Waals surface area contributed by atoms with Gasteiger partial charge in [-0.3, -0.25) is 5.01 Å². The monoisotopic (exact) mass is 211 g/mol. The highest BCUT2D eigenvalue weighted by molar-refractivity contribution is 5.90. The highest BCUT2D eigenvalue weighted by Gasteiger charge is 2.21. The van der Waals surface area contributed by atoms with Crippen LogP contribution in [-0.4, -0.2) is 29.6 Å². The highest BCUT2D eigenvalue weighted by atomic mass is 15.5. The summed E-state index contributed by atoms with van der Waals surface area (Å²) in [6, 6.07) is 0.493. The number of hydrogen-bond acceptors (Lipinski definition) is 3. The summed E-state index contributed by atoms with van der Waals surface area (Å²) >= 11 is 0. The lowest BCUT2D eigenvalue weighted by atomic mass is 10.1. The fourth-order valence-electron chi connectivity index (χ4n) is 1.62. The summed E-state index contributed by atoms with van der Waals surface area (Å²) in [5.41, 5.74) is 0. The van der Waals surface area contributed by atoms with Crippen LogP contribution in [0.4, 0.5) is 0 Å². The van der Waals surface area contributed by atoms with Crippen molar-refractivity contribution in [3.63, 3.8) is 0 Å². The van der Waals surface area contributed by atoms with E-state index in [1.807, 2.05) is 40.8 Å². The van der Waals surface area contributed by atoms with E-state index in [-0.39, 0.29) is 0 Å². The molecule has 15 heavy (non-hydrogen) atoms. The molecule has 0 spiro atoms. The molecule has 0 N–H and O–H groups in total. The smallest absolute Gasteiger partial charge is 0.144 e. The van der Waals surface area contributed by atoms with Crippen LogP contribution < -0.4 is 0 Å². The Labute approximate surface area is 94.3 Å². The van der Waals surface area contributed by atoms with Crippen LogP contribution in [-0.2, 0) is 0 Å². The second-order valence-electron chi connectivity index (χ2n) is 3.15. The Morgan fingerprint density at radius 3 is 2.53 bits per heavy atom. The predicted molar refractivity (Wildman–Crippen MR) is 68.6 cm³/mol. The van der Waals surface area contributed by atoms with Crippen LogP contribution in [0.15, 0.2) is 10.1 Å². The number of amidine groups is 1. The van der Waals surface area contributed by atoms with Crippen molar-refractivity contribution in [1.29, 1.82) is 0 Å². The van der Waals surface area contributed by atoms with E-state index in [9.17, 15) is 0 Å². The van der Waals surface area contributed by atoms with E-state index < -0.39 is 0 Å². The second-order valence-corrected chi connectivity index (χ2v) is 3.15. The summed E-state index contributed by atoms with van der Waals surface area (Å²) in [6.45, 7) is 11.1. The highest BCUT2D eigenvalue weighted by Crippen LogP contribution is 2.17. The average Bonchev–Trinajstić information content (AvgIpc) is 2.34. The summed E-state index contributed by atoms with van der Waals surface area (Å²) < 4.78 is 0. The molecule has 1 saturated heterocycles. The minimum atomic E-state index is 0.493. The van der Waals surface area contributed by atoms with Crippen LogP contribution in [0.3, 0.4) is 0 Å². The SMILES string of the molecule is CC.CC.CC1=NN2CCCCC2C=N1. The van der Waals surface area contributed by atoms with Crippen LogP contribution >= 0.6 is 0 Å². The minimum Gasteiger partial charge on any atom is -0.287 e. The van der Waals surface area contributed by atoms with Crippen molar-refractivity contribution in [2.24, 2.45) is 10.1 Å². The van der Waals surface area contributed by atoms with Gasteiger partial charge in [-0.2, -0.15) is 5.10 Å². The van der Waals surface area contributed by atoms with Gasteiger partial charge in [-0.25, -0.2) is 4.99 Å². The van der Waals surface area contributed by atoms with Crippen LogP contribution in [0.2, 0.25) is 0 Å². The molecule has 0 bridgehead atoms. The molecule has 0 aromatic rings. The molecule has 2 aliphatic rings. The van der Waals surface area contributed by atoms with Crippen molar-refractivity contribution in [3.05, 3.63) is 0 Å². The molecule has 1 unspecified atom stereocenters. The number of aliphatic imine (C=N–C) groups is 1. The Kier molecular flexibility index (Phi) is 7.96. The Balaban J connectivity index is 0.000000442. The van der Waals surface area contributed by atoms with E-state index in [0.717, 1.165) is 12.4 Å². The lowest BCUT2D eigenvalue weighted by Gasteiger charge is -2.32. The van der Waals surface area contributed by atoms with E-state index in [1.54, 1.807) is 0 Å². The van der Waals surface area contributed by atoms with Crippen LogP contribution in [0.25, 0.3) is 0 Å². The van der Waals surface area contributed by atoms with Gasteiger partial charge in [0.1, 0.15) is 5.84 Å². The third-order valence-corrected chi connectivity index (χ3v) is 2.23. The molecule has 0 aromatic carbocycles. The number of hydrogen-bond donors (Lipinski definition) is 0. The van der Waals surface area contributed by atoms with Crippen LogP contribution in [0, 0.1) is 0 Å². The Morgan fingerprint density at radius 1 is 1.20 bits per heavy atom. The van der Waals surface area contributed by atoms with Crippen molar-refractivity contribution in [2.45, 2.75) is 59.9 Å².